The van der Waals surface area contributed by atoms with E-state index in [4.69, 9.17) is 4.74 Å². The fraction of sp³-hybridized carbons (Fsp3) is 0.647. The molecule has 19 heavy (non-hydrogen) atoms. The molecule has 0 bridgehead atoms. The first kappa shape index (κ1) is 14.4. The first-order valence-electron chi connectivity index (χ1n) is 7.62. The van der Waals surface area contributed by atoms with Gasteiger partial charge in [-0.3, -0.25) is 0 Å². The smallest absolute Gasteiger partial charge is 0.119 e. The lowest BCUT2D eigenvalue weighted by atomic mass is 9.94. The van der Waals surface area contributed by atoms with E-state index >= 15 is 0 Å². The van der Waals surface area contributed by atoms with E-state index < -0.39 is 0 Å². The SMILES string of the molecule is CCC(CC)C(C)NC1CCc2ccc(OC)cc21. The van der Waals surface area contributed by atoms with Gasteiger partial charge in [-0.05, 0) is 48.9 Å². The largest absolute Gasteiger partial charge is 0.497 e. The quantitative estimate of drug-likeness (QED) is 0.832. The summed E-state index contributed by atoms with van der Waals surface area (Å²) in [6, 6.07) is 7.58. The minimum Gasteiger partial charge on any atom is -0.497 e. The van der Waals surface area contributed by atoms with Gasteiger partial charge in [0.15, 0.2) is 0 Å². The van der Waals surface area contributed by atoms with Crippen molar-refractivity contribution in [3.63, 3.8) is 0 Å². The van der Waals surface area contributed by atoms with Gasteiger partial charge in [-0.15, -0.1) is 0 Å². The molecule has 1 aliphatic carbocycles. The normalized spacial score (nSPS) is 19.5. The second-order valence-electron chi connectivity index (χ2n) is 5.69. The van der Waals surface area contributed by atoms with Crippen molar-refractivity contribution in [1.29, 1.82) is 0 Å². The summed E-state index contributed by atoms with van der Waals surface area (Å²) in [5.41, 5.74) is 2.92. The van der Waals surface area contributed by atoms with E-state index in [9.17, 15) is 0 Å². The second-order valence-corrected chi connectivity index (χ2v) is 5.69. The van der Waals surface area contributed by atoms with Crippen LogP contribution in [0.1, 0.15) is 57.2 Å². The van der Waals surface area contributed by atoms with Crippen LogP contribution in [0, 0.1) is 5.92 Å². The monoisotopic (exact) mass is 261 g/mol. The lowest BCUT2D eigenvalue weighted by molar-refractivity contribution is 0.321. The van der Waals surface area contributed by atoms with Gasteiger partial charge in [0.25, 0.3) is 0 Å². The van der Waals surface area contributed by atoms with Crippen LogP contribution >= 0.6 is 0 Å². The van der Waals surface area contributed by atoms with Crippen LogP contribution in [0.2, 0.25) is 0 Å². The summed E-state index contributed by atoms with van der Waals surface area (Å²) in [5, 5.41) is 3.83. The molecule has 1 aromatic carbocycles. The van der Waals surface area contributed by atoms with Crippen molar-refractivity contribution in [1.82, 2.24) is 5.32 Å². The zero-order valence-electron chi connectivity index (χ0n) is 12.7. The molecule has 2 unspecified atom stereocenters. The molecule has 0 saturated carbocycles. The van der Waals surface area contributed by atoms with E-state index in [0.29, 0.717) is 12.1 Å². The number of fused-ring (bicyclic) bond motifs is 1. The third-order valence-corrected chi connectivity index (χ3v) is 4.65. The summed E-state index contributed by atoms with van der Waals surface area (Å²) >= 11 is 0. The van der Waals surface area contributed by atoms with Crippen molar-refractivity contribution >= 4 is 0 Å². The summed E-state index contributed by atoms with van der Waals surface area (Å²) in [7, 11) is 1.74. The minimum absolute atomic E-state index is 0.501. The lowest BCUT2D eigenvalue weighted by Crippen LogP contribution is -2.35. The maximum atomic E-state index is 5.35. The molecule has 0 fully saturated rings. The van der Waals surface area contributed by atoms with Gasteiger partial charge in [0.1, 0.15) is 5.75 Å². The molecule has 0 aliphatic heterocycles. The topological polar surface area (TPSA) is 21.3 Å². The Kier molecular flexibility index (Phi) is 4.87. The number of rotatable bonds is 6. The number of ether oxygens (including phenoxy) is 1. The molecule has 2 rings (SSSR count). The minimum atomic E-state index is 0.501. The molecule has 0 heterocycles. The number of nitrogens with one attached hydrogen (secondary N) is 1. The third-order valence-electron chi connectivity index (χ3n) is 4.65. The second kappa shape index (κ2) is 6.42. The molecule has 2 nitrogen and oxygen atoms in total. The van der Waals surface area contributed by atoms with Crippen LogP contribution in [0.3, 0.4) is 0 Å². The summed E-state index contributed by atoms with van der Waals surface area (Å²) in [5.74, 6) is 1.75. The van der Waals surface area contributed by atoms with Gasteiger partial charge in [-0.25, -0.2) is 0 Å². The zero-order chi connectivity index (χ0) is 13.8. The van der Waals surface area contributed by atoms with E-state index in [0.717, 1.165) is 11.7 Å². The van der Waals surface area contributed by atoms with Gasteiger partial charge >= 0.3 is 0 Å². The summed E-state index contributed by atoms with van der Waals surface area (Å²) < 4.78 is 5.35. The van der Waals surface area contributed by atoms with E-state index in [1.165, 1.54) is 36.8 Å². The molecule has 106 valence electrons. The summed E-state index contributed by atoms with van der Waals surface area (Å²) in [4.78, 5) is 0. The molecule has 0 radical (unpaired) electrons. The highest BCUT2D eigenvalue weighted by molar-refractivity contribution is 5.40. The number of methoxy groups -OCH3 is 1. The van der Waals surface area contributed by atoms with Gasteiger partial charge in [-0.1, -0.05) is 32.8 Å². The van der Waals surface area contributed by atoms with Crippen molar-refractivity contribution in [2.24, 2.45) is 5.92 Å². The molecule has 0 saturated heterocycles. The van der Waals surface area contributed by atoms with Crippen LogP contribution in [0.25, 0.3) is 0 Å². The highest BCUT2D eigenvalue weighted by Gasteiger charge is 2.25. The van der Waals surface area contributed by atoms with Crippen molar-refractivity contribution in [3.05, 3.63) is 29.3 Å². The highest BCUT2D eigenvalue weighted by Crippen LogP contribution is 2.34. The molecule has 0 amide bonds. The van der Waals surface area contributed by atoms with Crippen molar-refractivity contribution in [3.8, 4) is 5.75 Å². The van der Waals surface area contributed by atoms with E-state index in [2.05, 4.69) is 44.3 Å². The first-order valence-corrected chi connectivity index (χ1v) is 7.62. The van der Waals surface area contributed by atoms with Crippen LogP contribution in [-0.2, 0) is 6.42 Å². The Morgan fingerprint density at radius 2 is 2.05 bits per heavy atom. The summed E-state index contributed by atoms with van der Waals surface area (Å²) in [6.07, 6.45) is 4.91. The Morgan fingerprint density at radius 1 is 1.32 bits per heavy atom. The van der Waals surface area contributed by atoms with Crippen LogP contribution in [0.4, 0.5) is 0 Å². The fourth-order valence-electron chi connectivity index (χ4n) is 3.33. The number of benzene rings is 1. The Balaban J connectivity index is 2.09. The predicted octanol–water partition coefficient (Wildman–Crippen LogP) is 4.10. The van der Waals surface area contributed by atoms with Crippen molar-refractivity contribution in [2.75, 3.05) is 7.11 Å². The average molecular weight is 261 g/mol. The van der Waals surface area contributed by atoms with Crippen LogP contribution in [-0.4, -0.2) is 13.2 Å². The molecule has 2 heteroatoms. The molecule has 0 aromatic heterocycles. The predicted molar refractivity (Wildman–Crippen MR) is 80.7 cm³/mol. The Bertz CT molecular complexity index is 412. The van der Waals surface area contributed by atoms with Crippen LogP contribution in [0.5, 0.6) is 5.75 Å². The molecular weight excluding hydrogens is 234 g/mol. The molecule has 0 spiro atoms. The molecule has 1 aromatic rings. The lowest BCUT2D eigenvalue weighted by Gasteiger charge is -2.26. The standard InChI is InChI=1S/C17H27NO/c1-5-13(6-2)12(3)18-17-10-8-14-7-9-15(19-4)11-16(14)17/h7,9,11-13,17-18H,5-6,8,10H2,1-4H3. The van der Waals surface area contributed by atoms with Gasteiger partial charge < -0.3 is 10.1 Å². The maximum Gasteiger partial charge on any atom is 0.119 e. The Morgan fingerprint density at radius 3 is 2.68 bits per heavy atom. The molecule has 1 N–H and O–H groups in total. The Labute approximate surface area is 117 Å². The van der Waals surface area contributed by atoms with Gasteiger partial charge in [0.2, 0.25) is 0 Å². The molecule has 2 atom stereocenters. The number of hydrogen-bond donors (Lipinski definition) is 1. The highest BCUT2D eigenvalue weighted by atomic mass is 16.5. The van der Waals surface area contributed by atoms with Crippen molar-refractivity contribution in [2.45, 2.75) is 58.5 Å². The van der Waals surface area contributed by atoms with E-state index in [1.807, 2.05) is 0 Å². The van der Waals surface area contributed by atoms with Gasteiger partial charge in [0, 0.05) is 12.1 Å². The third kappa shape index (κ3) is 3.11. The zero-order valence-corrected chi connectivity index (χ0v) is 12.7. The van der Waals surface area contributed by atoms with Crippen molar-refractivity contribution < 1.29 is 4.74 Å². The van der Waals surface area contributed by atoms with E-state index in [1.54, 1.807) is 7.11 Å². The maximum absolute atomic E-state index is 5.35. The average Bonchev–Trinajstić information content (AvgIpc) is 2.82. The molecular formula is C17H27NO. The first-order chi connectivity index (χ1) is 9.19. The van der Waals surface area contributed by atoms with Crippen LogP contribution in [0.15, 0.2) is 18.2 Å². The van der Waals surface area contributed by atoms with E-state index in [-0.39, 0.29) is 0 Å². The molecule has 1 aliphatic rings. The van der Waals surface area contributed by atoms with Gasteiger partial charge in [0.05, 0.1) is 7.11 Å². The van der Waals surface area contributed by atoms with Gasteiger partial charge in [-0.2, -0.15) is 0 Å². The number of hydrogen-bond acceptors (Lipinski definition) is 2. The van der Waals surface area contributed by atoms with Crippen LogP contribution < -0.4 is 10.1 Å². The fourth-order valence-corrected chi connectivity index (χ4v) is 3.33. The Hall–Kier alpha value is -1.02. The number of aryl methyl sites for hydroxylation is 1. The summed E-state index contributed by atoms with van der Waals surface area (Å²) in [6.45, 7) is 6.91.